The fraction of sp³-hybridized carbons (Fsp3) is 0.944. The number of nitrogens with one attached hydrogen (secondary N) is 1. The smallest absolute Gasteiger partial charge is 0.290 e. The van der Waals surface area contributed by atoms with Crippen molar-refractivity contribution in [3.63, 3.8) is 0 Å². The molecule has 0 bridgehead atoms. The number of fused-ring (bicyclic) bond motifs is 1. The first kappa shape index (κ1) is 21.1. The number of rotatable bonds is 7. The van der Waals surface area contributed by atoms with E-state index in [2.05, 4.69) is 45.5 Å². The molecule has 1 amide bonds. The summed E-state index contributed by atoms with van der Waals surface area (Å²) in [7, 11) is 2.41. The second-order valence-electron chi connectivity index (χ2n) is 8.36. The van der Waals surface area contributed by atoms with Crippen molar-refractivity contribution < 1.29 is 4.79 Å². The number of likely N-dealkylation sites (tertiary alicyclic amines) is 1. The van der Waals surface area contributed by atoms with E-state index in [1.165, 1.54) is 79.4 Å². The van der Waals surface area contributed by atoms with Crippen molar-refractivity contribution in [2.45, 2.75) is 45.2 Å². The highest BCUT2D eigenvalue weighted by molar-refractivity contribution is 9.08. The molecule has 3 fully saturated rings. The fourth-order valence-corrected chi connectivity index (χ4v) is 6.18. The Hall–Kier alpha value is 0.400. The molecule has 0 aromatic rings. The molecule has 5 nitrogen and oxygen atoms in total. The van der Waals surface area contributed by atoms with E-state index in [-0.39, 0.29) is 5.24 Å². The lowest BCUT2D eigenvalue weighted by molar-refractivity contribution is 0.105. The summed E-state index contributed by atoms with van der Waals surface area (Å²) in [5, 5.41) is 3.21. The molecule has 8 heteroatoms. The normalized spacial score (nSPS) is 30.8. The Morgan fingerprint density at radius 2 is 1.69 bits per heavy atom. The molecule has 0 aromatic heterocycles. The summed E-state index contributed by atoms with van der Waals surface area (Å²) in [6.07, 6.45) is 3.60. The van der Waals surface area contributed by atoms with Crippen LogP contribution in [0.3, 0.4) is 0 Å². The number of hydrogen-bond donors (Lipinski definition) is 2. The first-order chi connectivity index (χ1) is 12.5. The van der Waals surface area contributed by atoms with Crippen LogP contribution in [0.1, 0.15) is 33.1 Å². The van der Waals surface area contributed by atoms with E-state index in [0.717, 1.165) is 24.7 Å². The highest BCUT2D eigenvalue weighted by Crippen LogP contribution is 2.38. The molecule has 0 aromatic carbocycles. The van der Waals surface area contributed by atoms with Crippen LogP contribution in [0.15, 0.2) is 0 Å². The number of carbonyl (C=O) groups excluding carboxylic acids is 1. The van der Waals surface area contributed by atoms with Gasteiger partial charge in [0.25, 0.3) is 5.24 Å². The van der Waals surface area contributed by atoms with Gasteiger partial charge in [-0.15, -0.1) is 0 Å². The highest BCUT2D eigenvalue weighted by atomic mass is 33.5. The fourth-order valence-electron chi connectivity index (χ4n) is 4.94. The van der Waals surface area contributed by atoms with Crippen molar-refractivity contribution in [3.8, 4) is 0 Å². The largest absolute Gasteiger partial charge is 0.343 e. The Balaban J connectivity index is 1.28. The molecule has 2 heterocycles. The van der Waals surface area contributed by atoms with Gasteiger partial charge in [0, 0.05) is 62.1 Å². The lowest BCUT2D eigenvalue weighted by atomic mass is 10.0. The first-order valence-corrected chi connectivity index (χ1v) is 13.2. The van der Waals surface area contributed by atoms with Crippen molar-refractivity contribution in [2.75, 3.05) is 52.4 Å². The van der Waals surface area contributed by atoms with E-state index in [0.29, 0.717) is 12.1 Å². The third-order valence-corrected chi connectivity index (χ3v) is 8.04. The van der Waals surface area contributed by atoms with Crippen molar-refractivity contribution >= 4 is 37.5 Å². The molecule has 0 spiro atoms. The van der Waals surface area contributed by atoms with Crippen molar-refractivity contribution in [2.24, 2.45) is 11.8 Å². The van der Waals surface area contributed by atoms with E-state index < -0.39 is 0 Å². The minimum atomic E-state index is 0.0596. The predicted octanol–water partition coefficient (Wildman–Crippen LogP) is 3.05. The van der Waals surface area contributed by atoms with Crippen LogP contribution in [0.25, 0.3) is 0 Å². The van der Waals surface area contributed by atoms with Gasteiger partial charge in [-0.05, 0) is 67.9 Å². The minimum absolute atomic E-state index is 0.0596. The van der Waals surface area contributed by atoms with E-state index in [1.807, 2.05) is 0 Å². The molecule has 3 aliphatic rings. The van der Waals surface area contributed by atoms with Gasteiger partial charge in [0.1, 0.15) is 0 Å². The Bertz CT molecular complexity index is 446. The molecule has 1 N–H and O–H groups in total. The molecule has 0 radical (unpaired) electrons. The number of hydrogen-bond acceptors (Lipinski definition) is 7. The van der Waals surface area contributed by atoms with E-state index in [4.69, 9.17) is 0 Å². The maximum absolute atomic E-state index is 11.7. The van der Waals surface area contributed by atoms with Crippen molar-refractivity contribution in [3.05, 3.63) is 0 Å². The van der Waals surface area contributed by atoms with Crippen LogP contribution in [0.4, 0.5) is 4.79 Å². The van der Waals surface area contributed by atoms with Crippen molar-refractivity contribution in [1.29, 1.82) is 0 Å². The van der Waals surface area contributed by atoms with Crippen LogP contribution < -0.4 is 5.32 Å². The lowest BCUT2D eigenvalue weighted by Gasteiger charge is -2.37. The average molecular weight is 419 g/mol. The maximum Gasteiger partial charge on any atom is 0.290 e. The zero-order valence-corrected chi connectivity index (χ0v) is 18.6. The third kappa shape index (κ3) is 5.95. The van der Waals surface area contributed by atoms with Gasteiger partial charge >= 0.3 is 0 Å². The Morgan fingerprint density at radius 1 is 1.08 bits per heavy atom. The van der Waals surface area contributed by atoms with Gasteiger partial charge in [-0.2, -0.15) is 0 Å². The molecule has 2 aliphatic heterocycles. The zero-order valence-electron chi connectivity index (χ0n) is 16.1. The standard InChI is InChI=1S/C18H34N4OS3/c1-14(2)22-8-6-20(7-9-22)4-3-5-21-12-15-10-17(11-16(15)13-21)19-18(23)25-26-24/h14-17,24H,3-13H2,1-2H3,(H,19,23). The summed E-state index contributed by atoms with van der Waals surface area (Å²) in [6, 6.07) is 1.06. The molecule has 2 unspecified atom stereocenters. The van der Waals surface area contributed by atoms with Gasteiger partial charge < -0.3 is 15.1 Å². The Morgan fingerprint density at radius 3 is 2.27 bits per heavy atom. The molecular weight excluding hydrogens is 384 g/mol. The molecule has 26 heavy (non-hydrogen) atoms. The molecule has 1 aliphatic carbocycles. The number of carbonyl (C=O) groups is 1. The monoisotopic (exact) mass is 418 g/mol. The Labute approximate surface area is 171 Å². The second kappa shape index (κ2) is 10.3. The molecule has 3 rings (SSSR count). The second-order valence-corrected chi connectivity index (χ2v) is 11.3. The topological polar surface area (TPSA) is 38.8 Å². The van der Waals surface area contributed by atoms with Gasteiger partial charge in [-0.25, -0.2) is 0 Å². The number of nitrogens with zero attached hydrogens (tertiary/aromatic N) is 3. The van der Waals surface area contributed by atoms with Crippen LogP contribution in [-0.4, -0.2) is 84.4 Å². The van der Waals surface area contributed by atoms with E-state index >= 15 is 0 Å². The van der Waals surface area contributed by atoms with E-state index in [1.54, 1.807) is 0 Å². The van der Waals surface area contributed by atoms with Crippen LogP contribution in [0.2, 0.25) is 0 Å². The summed E-state index contributed by atoms with van der Waals surface area (Å²) >= 11 is 4.02. The molecule has 2 saturated heterocycles. The summed E-state index contributed by atoms with van der Waals surface area (Å²) in [5.41, 5.74) is 0. The van der Waals surface area contributed by atoms with Crippen LogP contribution in [-0.2, 0) is 0 Å². The SMILES string of the molecule is CC(C)N1CCN(CCCN2CC3CC(NC(=O)SSS)CC3C2)CC1. The minimum Gasteiger partial charge on any atom is -0.343 e. The maximum atomic E-state index is 11.7. The number of thiol groups is 1. The van der Waals surface area contributed by atoms with Gasteiger partial charge in [-0.3, -0.25) is 9.69 Å². The lowest BCUT2D eigenvalue weighted by Crippen LogP contribution is -2.49. The van der Waals surface area contributed by atoms with E-state index in [9.17, 15) is 4.79 Å². The van der Waals surface area contributed by atoms with Gasteiger partial charge in [0.2, 0.25) is 0 Å². The van der Waals surface area contributed by atoms with Gasteiger partial charge in [-0.1, -0.05) is 11.7 Å². The summed E-state index contributed by atoms with van der Waals surface area (Å²) in [5.74, 6) is 1.56. The summed E-state index contributed by atoms with van der Waals surface area (Å²) in [6.45, 7) is 14.4. The van der Waals surface area contributed by atoms with Crippen LogP contribution in [0, 0.1) is 11.8 Å². The number of amides is 1. The molecule has 150 valence electrons. The molecular formula is C18H34N4OS3. The average Bonchev–Trinajstić information content (AvgIpc) is 3.13. The van der Waals surface area contributed by atoms with Crippen molar-refractivity contribution in [1.82, 2.24) is 20.0 Å². The third-order valence-electron chi connectivity index (χ3n) is 6.35. The van der Waals surface area contributed by atoms with Crippen LogP contribution >= 0.6 is 32.3 Å². The number of piperazine rings is 1. The van der Waals surface area contributed by atoms with Crippen LogP contribution in [0.5, 0.6) is 0 Å². The van der Waals surface area contributed by atoms with Gasteiger partial charge in [0.15, 0.2) is 0 Å². The Kier molecular flexibility index (Phi) is 8.33. The summed E-state index contributed by atoms with van der Waals surface area (Å²) < 4.78 is 0. The predicted molar refractivity (Wildman–Crippen MR) is 117 cm³/mol. The molecule has 1 saturated carbocycles. The highest BCUT2D eigenvalue weighted by Gasteiger charge is 2.41. The first-order valence-electron chi connectivity index (χ1n) is 10.0. The van der Waals surface area contributed by atoms with Gasteiger partial charge in [0.05, 0.1) is 0 Å². The summed E-state index contributed by atoms with van der Waals surface area (Å²) in [4.78, 5) is 19.6. The zero-order chi connectivity index (χ0) is 18.5. The molecule has 2 atom stereocenters. The quantitative estimate of drug-likeness (QED) is 0.489.